The number of hydrogen-bond acceptors (Lipinski definition) is 4. The van der Waals surface area contributed by atoms with Crippen molar-refractivity contribution in [2.75, 3.05) is 18.5 Å². The Balaban J connectivity index is 1.86. The first-order chi connectivity index (χ1) is 13.1. The topological polar surface area (TPSA) is 51.2 Å². The van der Waals surface area contributed by atoms with Crippen LogP contribution in [-0.4, -0.2) is 24.1 Å². The molecule has 1 heterocycles. The lowest BCUT2D eigenvalue weighted by atomic mass is 10.1. The molecule has 3 aromatic rings. The molecule has 2 aromatic carbocycles. The van der Waals surface area contributed by atoms with E-state index in [0.29, 0.717) is 36.9 Å². The zero-order valence-electron chi connectivity index (χ0n) is 15.0. The highest BCUT2D eigenvalue weighted by Crippen LogP contribution is 2.29. The molecule has 1 aromatic heterocycles. The number of nitrogens with one attached hydrogen (secondary N) is 1. The highest BCUT2D eigenvalue weighted by molar-refractivity contribution is 9.10. The number of carbonyl (C=O) groups excluding carboxylic acids is 1. The summed E-state index contributed by atoms with van der Waals surface area (Å²) in [5, 5.41) is 4.02. The first-order valence-electron chi connectivity index (χ1n) is 8.82. The van der Waals surface area contributed by atoms with Gasteiger partial charge in [-0.15, -0.1) is 0 Å². The van der Waals surface area contributed by atoms with Crippen molar-refractivity contribution >= 4 is 38.5 Å². The Morgan fingerprint density at radius 3 is 2.70 bits per heavy atom. The van der Waals surface area contributed by atoms with E-state index < -0.39 is 0 Å². The number of ether oxygens (including phenoxy) is 1. The number of halogens is 2. The molecule has 3 rings (SSSR count). The zero-order valence-corrected chi connectivity index (χ0v) is 16.6. The Bertz CT molecular complexity index is 945. The molecule has 27 heavy (non-hydrogen) atoms. The minimum Gasteiger partial charge on any atom is -0.466 e. The van der Waals surface area contributed by atoms with Crippen LogP contribution < -0.4 is 5.32 Å². The lowest BCUT2D eigenvalue weighted by Crippen LogP contribution is -2.08. The van der Waals surface area contributed by atoms with Crippen LogP contribution in [0.1, 0.15) is 19.8 Å². The van der Waals surface area contributed by atoms with Gasteiger partial charge in [0, 0.05) is 34.1 Å². The Kier molecular flexibility index (Phi) is 6.40. The van der Waals surface area contributed by atoms with Gasteiger partial charge in [0.2, 0.25) is 0 Å². The van der Waals surface area contributed by atoms with Crippen molar-refractivity contribution in [1.82, 2.24) is 4.98 Å². The largest absolute Gasteiger partial charge is 0.466 e. The third kappa shape index (κ3) is 5.04. The van der Waals surface area contributed by atoms with E-state index in [9.17, 15) is 9.18 Å². The molecule has 4 nitrogen and oxygen atoms in total. The molecular weight excluding hydrogens is 411 g/mol. The van der Waals surface area contributed by atoms with Gasteiger partial charge in [0.15, 0.2) is 0 Å². The van der Waals surface area contributed by atoms with Gasteiger partial charge in [-0.1, -0.05) is 28.1 Å². The van der Waals surface area contributed by atoms with E-state index in [2.05, 4.69) is 26.2 Å². The van der Waals surface area contributed by atoms with Crippen LogP contribution in [0.25, 0.3) is 22.2 Å². The maximum absolute atomic E-state index is 13.7. The van der Waals surface area contributed by atoms with E-state index in [1.807, 2.05) is 30.3 Å². The predicted molar refractivity (Wildman–Crippen MR) is 109 cm³/mol. The lowest BCUT2D eigenvalue weighted by molar-refractivity contribution is -0.143. The van der Waals surface area contributed by atoms with Crippen molar-refractivity contribution in [3.63, 3.8) is 0 Å². The normalized spacial score (nSPS) is 10.8. The van der Waals surface area contributed by atoms with Crippen molar-refractivity contribution in [3.8, 4) is 11.3 Å². The summed E-state index contributed by atoms with van der Waals surface area (Å²) in [6.45, 7) is 2.75. The molecule has 0 radical (unpaired) electrons. The van der Waals surface area contributed by atoms with Crippen LogP contribution in [-0.2, 0) is 9.53 Å². The number of carbonyl (C=O) groups is 1. The van der Waals surface area contributed by atoms with Crippen molar-refractivity contribution < 1.29 is 13.9 Å². The fraction of sp³-hybridized carbons (Fsp3) is 0.238. The molecule has 140 valence electrons. The van der Waals surface area contributed by atoms with Gasteiger partial charge in [0.1, 0.15) is 5.82 Å². The smallest absolute Gasteiger partial charge is 0.305 e. The molecular formula is C21H20BrFN2O2. The lowest BCUT2D eigenvalue weighted by Gasteiger charge is -2.12. The van der Waals surface area contributed by atoms with Crippen LogP contribution in [0.15, 0.2) is 53.0 Å². The number of hydrogen-bond donors (Lipinski definition) is 1. The number of fused-ring (bicyclic) bond motifs is 1. The first-order valence-corrected chi connectivity index (χ1v) is 9.62. The fourth-order valence-electron chi connectivity index (χ4n) is 2.80. The number of nitrogens with zero attached hydrogens (tertiary/aromatic N) is 1. The van der Waals surface area contributed by atoms with Crippen LogP contribution in [0.4, 0.5) is 10.1 Å². The Hall–Kier alpha value is -2.47. The molecule has 0 amide bonds. The molecule has 0 saturated heterocycles. The summed E-state index contributed by atoms with van der Waals surface area (Å²) < 4.78 is 19.7. The highest BCUT2D eigenvalue weighted by Gasteiger charge is 2.09. The van der Waals surface area contributed by atoms with Crippen molar-refractivity contribution in [2.24, 2.45) is 0 Å². The maximum atomic E-state index is 13.7. The molecule has 0 saturated carbocycles. The Labute approximate surface area is 165 Å². The van der Waals surface area contributed by atoms with Crippen LogP contribution in [0.2, 0.25) is 0 Å². The summed E-state index contributed by atoms with van der Waals surface area (Å²) in [6, 6.07) is 14.3. The first kappa shape index (κ1) is 19.3. The number of aromatic nitrogens is 1. The second-order valence-electron chi connectivity index (χ2n) is 6.06. The SMILES string of the molecule is CCOC(=O)CCCNc1cc(-c2ccc(Br)cc2)nc2ccc(F)cc12. The molecule has 0 aliphatic heterocycles. The maximum Gasteiger partial charge on any atom is 0.305 e. The van der Waals surface area contributed by atoms with E-state index in [0.717, 1.165) is 21.4 Å². The average molecular weight is 431 g/mol. The summed E-state index contributed by atoms with van der Waals surface area (Å²) in [7, 11) is 0. The van der Waals surface area contributed by atoms with E-state index in [1.165, 1.54) is 12.1 Å². The van der Waals surface area contributed by atoms with E-state index >= 15 is 0 Å². The van der Waals surface area contributed by atoms with Gasteiger partial charge >= 0.3 is 5.97 Å². The summed E-state index contributed by atoms with van der Waals surface area (Å²) in [4.78, 5) is 16.1. The second-order valence-corrected chi connectivity index (χ2v) is 6.97. The standard InChI is InChI=1S/C21H20BrFN2O2/c1-2-27-21(26)4-3-11-24-20-13-19(14-5-7-15(22)8-6-14)25-18-10-9-16(23)12-17(18)20/h5-10,12-13H,2-4,11H2,1H3,(H,24,25). The number of pyridine rings is 1. The van der Waals surface area contributed by atoms with E-state index in [4.69, 9.17) is 4.74 Å². The van der Waals surface area contributed by atoms with E-state index in [-0.39, 0.29) is 11.8 Å². The molecule has 0 aliphatic carbocycles. The van der Waals surface area contributed by atoms with Crippen LogP contribution in [0.3, 0.4) is 0 Å². The molecule has 1 N–H and O–H groups in total. The molecule has 0 fully saturated rings. The van der Waals surface area contributed by atoms with Crippen LogP contribution in [0, 0.1) is 5.82 Å². The molecule has 0 atom stereocenters. The minimum absolute atomic E-state index is 0.208. The number of benzene rings is 2. The van der Waals surface area contributed by atoms with E-state index in [1.54, 1.807) is 13.0 Å². The van der Waals surface area contributed by atoms with Gasteiger partial charge < -0.3 is 10.1 Å². The van der Waals surface area contributed by atoms with Crippen molar-refractivity contribution in [2.45, 2.75) is 19.8 Å². The molecule has 0 unspecified atom stereocenters. The molecule has 0 bridgehead atoms. The summed E-state index contributed by atoms with van der Waals surface area (Å²) in [6.07, 6.45) is 0.976. The highest BCUT2D eigenvalue weighted by atomic mass is 79.9. The Morgan fingerprint density at radius 2 is 1.96 bits per heavy atom. The second kappa shape index (κ2) is 8.95. The average Bonchev–Trinajstić information content (AvgIpc) is 2.66. The van der Waals surface area contributed by atoms with Crippen molar-refractivity contribution in [1.29, 1.82) is 0 Å². The monoisotopic (exact) mass is 430 g/mol. The zero-order chi connectivity index (χ0) is 19.2. The third-order valence-corrected chi connectivity index (χ3v) is 4.62. The fourth-order valence-corrected chi connectivity index (χ4v) is 3.07. The molecule has 0 spiro atoms. The summed E-state index contributed by atoms with van der Waals surface area (Å²) in [5.74, 6) is -0.518. The van der Waals surface area contributed by atoms with Crippen LogP contribution >= 0.6 is 15.9 Å². The minimum atomic E-state index is -0.310. The third-order valence-electron chi connectivity index (χ3n) is 4.09. The van der Waals surface area contributed by atoms with Gasteiger partial charge in [-0.3, -0.25) is 4.79 Å². The molecule has 6 heteroatoms. The summed E-state index contributed by atoms with van der Waals surface area (Å²) in [5.41, 5.74) is 3.28. The number of anilines is 1. The van der Waals surface area contributed by atoms with Crippen LogP contribution in [0.5, 0.6) is 0 Å². The number of rotatable bonds is 7. The predicted octanol–water partition coefficient (Wildman–Crippen LogP) is 5.56. The Morgan fingerprint density at radius 1 is 1.19 bits per heavy atom. The van der Waals surface area contributed by atoms with Gasteiger partial charge in [-0.05, 0) is 49.7 Å². The molecule has 0 aliphatic rings. The number of esters is 1. The van der Waals surface area contributed by atoms with Crippen molar-refractivity contribution in [3.05, 3.63) is 58.8 Å². The summed E-state index contributed by atoms with van der Waals surface area (Å²) >= 11 is 3.43. The van der Waals surface area contributed by atoms with Gasteiger partial charge in [-0.25, -0.2) is 9.37 Å². The quantitative estimate of drug-likeness (QED) is 0.393. The van der Waals surface area contributed by atoms with Gasteiger partial charge in [0.05, 0.1) is 17.8 Å². The van der Waals surface area contributed by atoms with Gasteiger partial charge in [-0.2, -0.15) is 0 Å². The van der Waals surface area contributed by atoms with Gasteiger partial charge in [0.25, 0.3) is 0 Å².